The number of benzene rings is 1. The number of hydrogen-bond acceptors (Lipinski definition) is 4. The topological polar surface area (TPSA) is 71.6 Å². The second-order valence-electron chi connectivity index (χ2n) is 6.76. The van der Waals surface area contributed by atoms with Crippen molar-refractivity contribution in [2.75, 3.05) is 16.3 Å². The molecule has 3 aromatic rings. The van der Waals surface area contributed by atoms with Crippen molar-refractivity contribution >= 4 is 23.2 Å². The number of nitrogens with zero attached hydrogens (tertiary/aromatic N) is 4. The summed E-state index contributed by atoms with van der Waals surface area (Å²) < 4.78 is 7.17. The minimum Gasteiger partial charge on any atom is -0.459 e. The number of furan rings is 1. The Morgan fingerprint density at radius 2 is 2.04 bits per heavy atom. The Labute approximate surface area is 156 Å². The normalized spacial score (nSPS) is 16.3. The summed E-state index contributed by atoms with van der Waals surface area (Å²) in [5.41, 5.74) is 3.07. The molecule has 4 rings (SSSR count). The molecule has 138 valence electrons. The van der Waals surface area contributed by atoms with Crippen LogP contribution in [0.1, 0.15) is 24.4 Å². The maximum Gasteiger partial charge on any atom is 0.294 e. The second kappa shape index (κ2) is 6.42. The molecule has 0 saturated carbocycles. The summed E-state index contributed by atoms with van der Waals surface area (Å²) in [7, 11) is 1.90. The maximum absolute atomic E-state index is 13.0. The second-order valence-corrected chi connectivity index (χ2v) is 6.76. The van der Waals surface area contributed by atoms with Gasteiger partial charge in [-0.25, -0.2) is 4.98 Å². The lowest BCUT2D eigenvalue weighted by Crippen LogP contribution is -2.51. The predicted octanol–water partition coefficient (Wildman–Crippen LogP) is 3.08. The van der Waals surface area contributed by atoms with Gasteiger partial charge in [0.15, 0.2) is 5.76 Å². The molecule has 0 unspecified atom stereocenters. The summed E-state index contributed by atoms with van der Waals surface area (Å²) in [5, 5.41) is 0. The predicted molar refractivity (Wildman–Crippen MR) is 102 cm³/mol. The van der Waals surface area contributed by atoms with Crippen LogP contribution >= 0.6 is 0 Å². The first-order valence-electron chi connectivity index (χ1n) is 8.73. The number of hydrogen-bond donors (Lipinski definition) is 0. The van der Waals surface area contributed by atoms with Crippen molar-refractivity contribution in [1.29, 1.82) is 0 Å². The number of aromatic nitrogens is 2. The average Bonchev–Trinajstić information content (AvgIpc) is 3.31. The fourth-order valence-electron chi connectivity index (χ4n) is 3.55. The molecule has 2 aromatic heterocycles. The lowest BCUT2D eigenvalue weighted by molar-refractivity contribution is -0.117. The third-order valence-corrected chi connectivity index (χ3v) is 4.73. The zero-order valence-electron chi connectivity index (χ0n) is 15.4. The molecule has 2 amide bonds. The molecule has 3 heterocycles. The summed E-state index contributed by atoms with van der Waals surface area (Å²) >= 11 is 0. The number of anilines is 2. The Hall–Kier alpha value is -3.35. The van der Waals surface area contributed by atoms with E-state index in [1.165, 1.54) is 13.2 Å². The molecule has 27 heavy (non-hydrogen) atoms. The number of fused-ring (bicyclic) bond motifs is 1. The van der Waals surface area contributed by atoms with Crippen molar-refractivity contribution in [3.05, 3.63) is 54.9 Å². The van der Waals surface area contributed by atoms with Gasteiger partial charge in [0.2, 0.25) is 5.91 Å². The van der Waals surface area contributed by atoms with Gasteiger partial charge in [-0.2, -0.15) is 0 Å². The molecule has 1 aliphatic heterocycles. The molecule has 0 fully saturated rings. The van der Waals surface area contributed by atoms with Crippen molar-refractivity contribution in [2.24, 2.45) is 7.05 Å². The summed E-state index contributed by atoms with van der Waals surface area (Å²) in [6, 6.07) is 8.89. The third kappa shape index (κ3) is 2.91. The van der Waals surface area contributed by atoms with Crippen molar-refractivity contribution < 1.29 is 14.0 Å². The Bertz CT molecular complexity index is 1010. The van der Waals surface area contributed by atoms with Gasteiger partial charge in [-0.05, 0) is 31.2 Å². The van der Waals surface area contributed by atoms with Crippen LogP contribution in [0.15, 0.2) is 53.5 Å². The van der Waals surface area contributed by atoms with Crippen LogP contribution in [-0.2, 0) is 11.8 Å². The van der Waals surface area contributed by atoms with Gasteiger partial charge >= 0.3 is 0 Å². The van der Waals surface area contributed by atoms with E-state index in [1.54, 1.807) is 28.3 Å². The minimum absolute atomic E-state index is 0.0561. The van der Waals surface area contributed by atoms with Gasteiger partial charge in [0.05, 0.1) is 35.7 Å². The highest BCUT2D eigenvalue weighted by molar-refractivity contribution is 6.09. The quantitative estimate of drug-likeness (QED) is 0.701. The number of carbonyl (C=O) groups excluding carboxylic acids is 2. The molecule has 0 N–H and O–H groups in total. The van der Waals surface area contributed by atoms with Crippen LogP contribution in [0.2, 0.25) is 0 Å². The number of amides is 2. The molecule has 7 nitrogen and oxygen atoms in total. The highest BCUT2D eigenvalue weighted by atomic mass is 16.3. The van der Waals surface area contributed by atoms with E-state index < -0.39 is 0 Å². The first kappa shape index (κ1) is 17.1. The SMILES string of the molecule is CC(=O)N1c2ccc(-c3cn(C)cn3)cc2N(C(=O)c2ccco2)C[C@@H]1C. The molecule has 0 aliphatic carbocycles. The van der Waals surface area contributed by atoms with E-state index in [4.69, 9.17) is 4.42 Å². The van der Waals surface area contributed by atoms with Crippen molar-refractivity contribution in [2.45, 2.75) is 19.9 Å². The zero-order chi connectivity index (χ0) is 19.1. The monoisotopic (exact) mass is 364 g/mol. The van der Waals surface area contributed by atoms with Crippen molar-refractivity contribution in [3.63, 3.8) is 0 Å². The van der Waals surface area contributed by atoms with Gasteiger partial charge in [0, 0.05) is 32.3 Å². The van der Waals surface area contributed by atoms with Crippen LogP contribution in [0.5, 0.6) is 0 Å². The van der Waals surface area contributed by atoms with E-state index in [0.29, 0.717) is 17.9 Å². The molecule has 0 radical (unpaired) electrons. The van der Waals surface area contributed by atoms with Crippen LogP contribution in [0, 0.1) is 0 Å². The van der Waals surface area contributed by atoms with Crippen LogP contribution in [0.25, 0.3) is 11.3 Å². The van der Waals surface area contributed by atoms with Gasteiger partial charge in [-0.15, -0.1) is 0 Å². The summed E-state index contributed by atoms with van der Waals surface area (Å²) in [6.07, 6.45) is 5.12. The number of carbonyl (C=O) groups is 2. The molecular weight excluding hydrogens is 344 g/mol. The fraction of sp³-hybridized carbons (Fsp3) is 0.250. The van der Waals surface area contributed by atoms with Crippen LogP contribution in [0.3, 0.4) is 0 Å². The maximum atomic E-state index is 13.0. The van der Waals surface area contributed by atoms with Gasteiger partial charge in [0.1, 0.15) is 0 Å². The molecule has 0 bridgehead atoms. The van der Waals surface area contributed by atoms with Crippen LogP contribution in [-0.4, -0.2) is 34.0 Å². The first-order valence-corrected chi connectivity index (χ1v) is 8.73. The molecule has 0 saturated heterocycles. The number of aryl methyl sites for hydroxylation is 1. The molecule has 7 heteroatoms. The first-order chi connectivity index (χ1) is 13.0. The Kier molecular flexibility index (Phi) is 4.07. The zero-order valence-corrected chi connectivity index (χ0v) is 15.4. The molecule has 1 atom stereocenters. The third-order valence-electron chi connectivity index (χ3n) is 4.73. The van der Waals surface area contributed by atoms with Crippen molar-refractivity contribution in [3.8, 4) is 11.3 Å². The lowest BCUT2D eigenvalue weighted by Gasteiger charge is -2.40. The van der Waals surface area contributed by atoms with Crippen molar-refractivity contribution in [1.82, 2.24) is 9.55 Å². The van der Waals surface area contributed by atoms with E-state index in [0.717, 1.165) is 11.3 Å². The number of rotatable bonds is 2. The molecule has 0 spiro atoms. The van der Waals surface area contributed by atoms with E-state index in [1.807, 2.05) is 42.9 Å². The van der Waals surface area contributed by atoms with Gasteiger partial charge < -0.3 is 18.8 Å². The Morgan fingerprint density at radius 1 is 1.22 bits per heavy atom. The van der Waals surface area contributed by atoms with Gasteiger partial charge in [0.25, 0.3) is 5.91 Å². The standard InChI is InChI=1S/C20H20N4O3/c1-13-10-23(20(26)19-5-4-8-27-19)18-9-15(16-11-22(3)12-21-16)6-7-17(18)24(13)14(2)25/h4-9,11-13H,10H2,1-3H3/t13-/m0/s1. The molecule has 1 aliphatic rings. The summed E-state index contributed by atoms with van der Waals surface area (Å²) in [5.74, 6) is -0.0124. The van der Waals surface area contributed by atoms with E-state index in [2.05, 4.69) is 4.98 Å². The van der Waals surface area contributed by atoms with Crippen LogP contribution in [0.4, 0.5) is 11.4 Å². The minimum atomic E-state index is -0.227. The summed E-state index contributed by atoms with van der Waals surface area (Å²) in [4.78, 5) is 33.0. The van der Waals surface area contributed by atoms with Crippen LogP contribution < -0.4 is 9.80 Å². The highest BCUT2D eigenvalue weighted by Crippen LogP contribution is 2.39. The molecular formula is C20H20N4O3. The summed E-state index contributed by atoms with van der Waals surface area (Å²) in [6.45, 7) is 3.86. The fourth-order valence-corrected chi connectivity index (χ4v) is 3.55. The largest absolute Gasteiger partial charge is 0.459 e. The Balaban J connectivity index is 1.85. The van der Waals surface area contributed by atoms with Gasteiger partial charge in [-0.1, -0.05) is 6.07 Å². The number of imidazole rings is 1. The van der Waals surface area contributed by atoms with Gasteiger partial charge in [-0.3, -0.25) is 9.59 Å². The molecule has 1 aromatic carbocycles. The average molecular weight is 364 g/mol. The highest BCUT2D eigenvalue weighted by Gasteiger charge is 2.35. The van der Waals surface area contributed by atoms with E-state index >= 15 is 0 Å². The lowest BCUT2D eigenvalue weighted by atomic mass is 10.0. The van der Waals surface area contributed by atoms with E-state index in [9.17, 15) is 9.59 Å². The smallest absolute Gasteiger partial charge is 0.294 e. The Morgan fingerprint density at radius 3 is 2.67 bits per heavy atom. The van der Waals surface area contributed by atoms with E-state index in [-0.39, 0.29) is 23.6 Å².